The van der Waals surface area contributed by atoms with Gasteiger partial charge in [-0.25, -0.2) is 9.07 Å². The molecule has 26 heavy (non-hydrogen) atoms. The lowest BCUT2D eigenvalue weighted by molar-refractivity contribution is -0.118. The van der Waals surface area contributed by atoms with Gasteiger partial charge in [0, 0.05) is 17.8 Å². The summed E-state index contributed by atoms with van der Waals surface area (Å²) in [5, 5.41) is 13.3. The minimum atomic E-state index is -0.310. The third-order valence-corrected chi connectivity index (χ3v) is 5.53. The Hall–Kier alpha value is -2.39. The van der Waals surface area contributed by atoms with Crippen LogP contribution in [0.3, 0.4) is 0 Å². The van der Waals surface area contributed by atoms with E-state index in [-0.39, 0.29) is 23.9 Å². The fourth-order valence-electron chi connectivity index (χ4n) is 2.30. The molecule has 0 saturated carbocycles. The van der Waals surface area contributed by atoms with Crippen molar-refractivity contribution in [2.75, 3.05) is 18.1 Å². The molecule has 0 unspecified atom stereocenters. The normalized spacial score (nSPS) is 10.8. The summed E-state index contributed by atoms with van der Waals surface area (Å²) in [6.45, 7) is 0.591. The summed E-state index contributed by atoms with van der Waals surface area (Å²) < 4.78 is 15.0. The molecule has 3 aromatic rings. The topological polar surface area (TPSA) is 85.8 Å². The lowest BCUT2D eigenvalue weighted by atomic mass is 10.1. The molecule has 0 saturated heterocycles. The molecule has 0 aliphatic heterocycles. The monoisotopic (exact) mass is 391 g/mol. The maximum Gasteiger partial charge on any atom is 0.230 e. The van der Waals surface area contributed by atoms with Crippen LogP contribution in [0, 0.1) is 5.82 Å². The fourth-order valence-corrected chi connectivity index (χ4v) is 3.71. The predicted molar refractivity (Wildman–Crippen MR) is 101 cm³/mol. The largest absolute Gasteiger partial charge is 0.355 e. The van der Waals surface area contributed by atoms with Gasteiger partial charge in [-0.15, -0.1) is 21.5 Å². The standard InChI is InChI=1S/C17H18FN5OS2/c18-14-6-2-1-4-12(14)10-15-21-22-17(23(15)19)26-11-16(24)20-8-7-13-5-3-9-25-13/h1-6,9H,7-8,10-11,19H2,(H,20,24). The Kier molecular flexibility index (Phi) is 6.24. The number of benzene rings is 1. The number of carbonyl (C=O) groups excluding carboxylic acids is 1. The summed E-state index contributed by atoms with van der Waals surface area (Å²) in [6.07, 6.45) is 1.05. The number of rotatable bonds is 8. The lowest BCUT2D eigenvalue weighted by Crippen LogP contribution is -2.27. The van der Waals surface area contributed by atoms with Crippen molar-refractivity contribution >= 4 is 29.0 Å². The summed E-state index contributed by atoms with van der Waals surface area (Å²) >= 11 is 2.87. The van der Waals surface area contributed by atoms with Crippen LogP contribution in [0.15, 0.2) is 46.9 Å². The Morgan fingerprint density at radius 3 is 2.88 bits per heavy atom. The fraction of sp³-hybridized carbons (Fsp3) is 0.235. The van der Waals surface area contributed by atoms with E-state index in [1.165, 1.54) is 27.4 Å². The van der Waals surface area contributed by atoms with Crippen LogP contribution in [0.25, 0.3) is 0 Å². The molecule has 1 amide bonds. The number of nitrogens with one attached hydrogen (secondary N) is 1. The van der Waals surface area contributed by atoms with E-state index in [1.54, 1.807) is 29.5 Å². The second-order valence-corrected chi connectivity index (χ2v) is 7.48. The van der Waals surface area contributed by atoms with Gasteiger partial charge >= 0.3 is 0 Å². The molecule has 2 aromatic heterocycles. The Balaban J connectivity index is 1.48. The van der Waals surface area contributed by atoms with Crippen LogP contribution in [0.1, 0.15) is 16.3 Å². The Morgan fingerprint density at radius 2 is 2.12 bits per heavy atom. The van der Waals surface area contributed by atoms with Gasteiger partial charge in [0.15, 0.2) is 5.82 Å². The summed E-state index contributed by atoms with van der Waals surface area (Å²) in [5.41, 5.74) is 0.495. The van der Waals surface area contributed by atoms with E-state index in [0.29, 0.717) is 23.1 Å². The number of amides is 1. The van der Waals surface area contributed by atoms with Crippen LogP contribution < -0.4 is 11.2 Å². The van der Waals surface area contributed by atoms with Crippen LogP contribution in [0.4, 0.5) is 4.39 Å². The van der Waals surface area contributed by atoms with Crippen LogP contribution in [-0.4, -0.2) is 33.1 Å². The molecule has 136 valence electrons. The van der Waals surface area contributed by atoms with E-state index in [2.05, 4.69) is 15.5 Å². The van der Waals surface area contributed by atoms with Crippen molar-refractivity contribution in [3.05, 3.63) is 63.9 Å². The zero-order valence-electron chi connectivity index (χ0n) is 13.9. The number of thioether (sulfide) groups is 1. The van der Waals surface area contributed by atoms with E-state index in [4.69, 9.17) is 5.84 Å². The summed E-state index contributed by atoms with van der Waals surface area (Å²) in [5.74, 6) is 6.20. The van der Waals surface area contributed by atoms with Crippen LogP contribution >= 0.6 is 23.1 Å². The molecule has 0 atom stereocenters. The van der Waals surface area contributed by atoms with Crippen molar-refractivity contribution in [1.29, 1.82) is 0 Å². The average Bonchev–Trinajstić information content (AvgIpc) is 3.26. The third kappa shape index (κ3) is 4.83. The molecule has 3 rings (SSSR count). The highest BCUT2D eigenvalue weighted by Gasteiger charge is 2.14. The smallest absolute Gasteiger partial charge is 0.230 e. The zero-order chi connectivity index (χ0) is 18.4. The van der Waals surface area contributed by atoms with Gasteiger partial charge < -0.3 is 11.2 Å². The summed E-state index contributed by atoms with van der Waals surface area (Å²) in [7, 11) is 0. The van der Waals surface area contributed by atoms with E-state index >= 15 is 0 Å². The van der Waals surface area contributed by atoms with Crippen LogP contribution in [-0.2, 0) is 17.6 Å². The first-order valence-electron chi connectivity index (χ1n) is 7.98. The van der Waals surface area contributed by atoms with Gasteiger partial charge in [-0.2, -0.15) is 0 Å². The van der Waals surface area contributed by atoms with Crippen LogP contribution in [0.2, 0.25) is 0 Å². The maximum absolute atomic E-state index is 13.7. The molecule has 3 N–H and O–H groups in total. The van der Waals surface area contributed by atoms with Crippen molar-refractivity contribution in [3.8, 4) is 0 Å². The van der Waals surface area contributed by atoms with E-state index in [9.17, 15) is 9.18 Å². The van der Waals surface area contributed by atoms with Gasteiger partial charge in [-0.1, -0.05) is 36.0 Å². The lowest BCUT2D eigenvalue weighted by Gasteiger charge is -2.05. The number of carbonyl (C=O) groups is 1. The van der Waals surface area contributed by atoms with Gasteiger partial charge in [0.05, 0.1) is 5.75 Å². The quantitative estimate of drug-likeness (QED) is 0.454. The Morgan fingerprint density at radius 1 is 1.27 bits per heavy atom. The van der Waals surface area contributed by atoms with Gasteiger partial charge in [-0.3, -0.25) is 4.79 Å². The number of nitrogens with two attached hydrogens (primary N) is 1. The van der Waals surface area contributed by atoms with Gasteiger partial charge in [-0.05, 0) is 29.5 Å². The molecule has 0 aliphatic carbocycles. The minimum absolute atomic E-state index is 0.0924. The molecule has 1 aromatic carbocycles. The number of aromatic nitrogens is 3. The Bertz CT molecular complexity index is 866. The molecule has 6 nitrogen and oxygen atoms in total. The molecule has 0 fully saturated rings. The number of nitrogens with zero attached hydrogens (tertiary/aromatic N) is 3. The molecular formula is C17H18FN5OS2. The first kappa shape index (κ1) is 18.4. The molecule has 0 radical (unpaired) electrons. The highest BCUT2D eigenvalue weighted by Crippen LogP contribution is 2.17. The summed E-state index contributed by atoms with van der Waals surface area (Å²) in [6, 6.07) is 10.5. The van der Waals surface area contributed by atoms with Gasteiger partial charge in [0.1, 0.15) is 5.82 Å². The second-order valence-electron chi connectivity index (χ2n) is 5.50. The van der Waals surface area contributed by atoms with Crippen molar-refractivity contribution < 1.29 is 9.18 Å². The molecule has 0 aliphatic rings. The van der Waals surface area contributed by atoms with Crippen molar-refractivity contribution in [3.63, 3.8) is 0 Å². The van der Waals surface area contributed by atoms with E-state index in [0.717, 1.165) is 6.42 Å². The van der Waals surface area contributed by atoms with Crippen molar-refractivity contribution in [1.82, 2.24) is 20.2 Å². The number of hydrogen-bond acceptors (Lipinski definition) is 6. The molecule has 9 heteroatoms. The summed E-state index contributed by atoms with van der Waals surface area (Å²) in [4.78, 5) is 13.2. The number of nitrogen functional groups attached to an aromatic ring is 1. The molecule has 2 heterocycles. The highest BCUT2D eigenvalue weighted by molar-refractivity contribution is 7.99. The average molecular weight is 391 g/mol. The zero-order valence-corrected chi connectivity index (χ0v) is 15.5. The van der Waals surface area contributed by atoms with Gasteiger partial charge in [0.2, 0.25) is 11.1 Å². The number of thiophene rings is 1. The van der Waals surface area contributed by atoms with Crippen molar-refractivity contribution in [2.24, 2.45) is 0 Å². The van der Waals surface area contributed by atoms with E-state index < -0.39 is 0 Å². The first-order valence-corrected chi connectivity index (χ1v) is 9.84. The predicted octanol–water partition coefficient (Wildman–Crippen LogP) is 2.23. The molecule has 0 bridgehead atoms. The molecular weight excluding hydrogens is 373 g/mol. The number of halogens is 1. The highest BCUT2D eigenvalue weighted by atomic mass is 32.2. The van der Waals surface area contributed by atoms with Crippen molar-refractivity contribution in [2.45, 2.75) is 18.0 Å². The Labute approximate surface area is 158 Å². The first-order chi connectivity index (χ1) is 12.6. The number of hydrogen-bond donors (Lipinski definition) is 2. The second kappa shape index (κ2) is 8.81. The van der Waals surface area contributed by atoms with Crippen LogP contribution in [0.5, 0.6) is 0 Å². The molecule has 0 spiro atoms. The SMILES string of the molecule is Nn1c(Cc2ccccc2F)nnc1SCC(=O)NCCc1cccs1. The third-order valence-electron chi connectivity index (χ3n) is 3.65. The van der Waals surface area contributed by atoms with E-state index in [1.807, 2.05) is 17.5 Å². The minimum Gasteiger partial charge on any atom is -0.355 e. The van der Waals surface area contributed by atoms with Gasteiger partial charge in [0.25, 0.3) is 0 Å². The maximum atomic E-state index is 13.7.